The van der Waals surface area contributed by atoms with Gasteiger partial charge in [-0.3, -0.25) is 4.79 Å². The summed E-state index contributed by atoms with van der Waals surface area (Å²) in [5.74, 6) is 3.50. The van der Waals surface area contributed by atoms with Crippen molar-refractivity contribution in [3.63, 3.8) is 0 Å². The van der Waals surface area contributed by atoms with E-state index in [9.17, 15) is 4.79 Å². The number of benzene rings is 1. The molecular weight excluding hydrogens is 290 g/mol. The highest BCUT2D eigenvalue weighted by atomic mass is 32.2. The fourth-order valence-electron chi connectivity index (χ4n) is 2.29. The van der Waals surface area contributed by atoms with E-state index in [-0.39, 0.29) is 5.91 Å². The number of aromatic amines is 1. The second-order valence-corrected chi connectivity index (χ2v) is 7.34. The van der Waals surface area contributed by atoms with E-state index in [0.29, 0.717) is 16.5 Å². The number of anilines is 1. The molecule has 3 rings (SSSR count). The maximum atomic E-state index is 12.3. The number of hydrogen-bond donors (Lipinski definition) is 3. The molecule has 1 fully saturated rings. The summed E-state index contributed by atoms with van der Waals surface area (Å²) in [5, 5.41) is 4.48. The van der Waals surface area contributed by atoms with Crippen molar-refractivity contribution < 1.29 is 4.79 Å². The number of rotatable bonds is 3. The van der Waals surface area contributed by atoms with Gasteiger partial charge in [0.05, 0.1) is 5.56 Å². The first kappa shape index (κ1) is 13.7. The van der Waals surface area contributed by atoms with Crippen molar-refractivity contribution in [1.82, 2.24) is 10.3 Å². The Morgan fingerprint density at radius 1 is 1.45 bits per heavy atom. The Kier molecular flexibility index (Phi) is 4.12. The minimum absolute atomic E-state index is 0.0165. The number of hydrogen-bond acceptors (Lipinski definition) is 4. The van der Waals surface area contributed by atoms with E-state index in [1.54, 1.807) is 6.20 Å². The van der Waals surface area contributed by atoms with Crippen molar-refractivity contribution in [2.45, 2.75) is 5.25 Å². The number of nitrogens with two attached hydrogens (primary N) is 1. The Bertz CT molecular complexity index is 620. The molecule has 2 heterocycles. The van der Waals surface area contributed by atoms with Gasteiger partial charge in [-0.2, -0.15) is 23.5 Å². The summed E-state index contributed by atoms with van der Waals surface area (Å²) in [6, 6.07) is 5.56. The highest BCUT2D eigenvalue weighted by molar-refractivity contribution is 8.06. The molecule has 0 saturated carbocycles. The van der Waals surface area contributed by atoms with Gasteiger partial charge in [0.25, 0.3) is 5.91 Å². The molecule has 1 aliphatic heterocycles. The Labute approximate surface area is 126 Å². The number of carbonyl (C=O) groups excluding carboxylic acids is 1. The second-order valence-electron chi connectivity index (χ2n) is 4.79. The van der Waals surface area contributed by atoms with E-state index < -0.39 is 0 Å². The van der Waals surface area contributed by atoms with Gasteiger partial charge >= 0.3 is 0 Å². The summed E-state index contributed by atoms with van der Waals surface area (Å²) >= 11 is 3.91. The molecule has 1 aromatic heterocycles. The van der Waals surface area contributed by atoms with Crippen LogP contribution in [0.3, 0.4) is 0 Å². The van der Waals surface area contributed by atoms with Crippen LogP contribution in [0.25, 0.3) is 10.9 Å². The number of aromatic nitrogens is 1. The molecule has 1 amide bonds. The average molecular weight is 307 g/mol. The minimum Gasteiger partial charge on any atom is -0.399 e. The number of H-pyrrole nitrogens is 1. The summed E-state index contributed by atoms with van der Waals surface area (Å²) in [4.78, 5) is 15.4. The first-order chi connectivity index (χ1) is 9.74. The number of nitrogens with one attached hydrogen (secondary N) is 2. The molecule has 20 heavy (non-hydrogen) atoms. The SMILES string of the molecule is Nc1ccc2c(C(=O)NCC3CSCCS3)c[nH]c2c1. The molecule has 1 unspecified atom stereocenters. The topological polar surface area (TPSA) is 70.9 Å². The lowest BCUT2D eigenvalue weighted by atomic mass is 10.1. The number of fused-ring (bicyclic) bond motifs is 1. The third kappa shape index (κ3) is 2.91. The molecule has 4 nitrogen and oxygen atoms in total. The van der Waals surface area contributed by atoms with Gasteiger partial charge in [-0.15, -0.1) is 0 Å². The molecule has 0 radical (unpaired) electrons. The van der Waals surface area contributed by atoms with Crippen LogP contribution in [0.1, 0.15) is 10.4 Å². The molecule has 1 aliphatic rings. The molecule has 0 aliphatic carbocycles. The summed E-state index contributed by atoms with van der Waals surface area (Å²) in [6.45, 7) is 0.734. The zero-order chi connectivity index (χ0) is 13.9. The van der Waals surface area contributed by atoms with Gasteiger partial charge in [-0.25, -0.2) is 0 Å². The lowest BCUT2D eigenvalue weighted by Crippen LogP contribution is -2.33. The lowest BCUT2D eigenvalue weighted by Gasteiger charge is -2.21. The van der Waals surface area contributed by atoms with Crippen LogP contribution < -0.4 is 11.1 Å². The van der Waals surface area contributed by atoms with Crippen molar-refractivity contribution in [3.8, 4) is 0 Å². The fourth-order valence-corrected chi connectivity index (χ4v) is 4.90. The molecule has 6 heteroatoms. The fraction of sp³-hybridized carbons (Fsp3) is 0.357. The van der Waals surface area contributed by atoms with Crippen molar-refractivity contribution in [3.05, 3.63) is 30.0 Å². The van der Waals surface area contributed by atoms with Gasteiger partial charge in [-0.05, 0) is 18.2 Å². The van der Waals surface area contributed by atoms with Crippen LogP contribution >= 0.6 is 23.5 Å². The average Bonchev–Trinajstić information content (AvgIpc) is 2.89. The lowest BCUT2D eigenvalue weighted by molar-refractivity contribution is 0.0956. The van der Waals surface area contributed by atoms with Crippen molar-refractivity contribution in [2.75, 3.05) is 29.5 Å². The van der Waals surface area contributed by atoms with E-state index in [2.05, 4.69) is 10.3 Å². The van der Waals surface area contributed by atoms with Crippen molar-refractivity contribution >= 4 is 46.0 Å². The van der Waals surface area contributed by atoms with Crippen LogP contribution in [0, 0.1) is 0 Å². The van der Waals surface area contributed by atoms with E-state index in [1.807, 2.05) is 41.7 Å². The highest BCUT2D eigenvalue weighted by Crippen LogP contribution is 2.24. The van der Waals surface area contributed by atoms with Crippen LogP contribution in [0.5, 0.6) is 0 Å². The van der Waals surface area contributed by atoms with E-state index in [1.165, 1.54) is 11.5 Å². The summed E-state index contributed by atoms with van der Waals surface area (Å²) in [7, 11) is 0. The molecule has 1 aromatic carbocycles. The molecule has 0 spiro atoms. The van der Waals surface area contributed by atoms with Crippen LogP contribution in [0.2, 0.25) is 0 Å². The third-order valence-electron chi connectivity index (χ3n) is 3.33. The number of nitrogen functional groups attached to an aromatic ring is 1. The Morgan fingerprint density at radius 3 is 3.15 bits per heavy atom. The smallest absolute Gasteiger partial charge is 0.253 e. The monoisotopic (exact) mass is 307 g/mol. The summed E-state index contributed by atoms with van der Waals surface area (Å²) in [5.41, 5.74) is 8.03. The molecule has 1 saturated heterocycles. The van der Waals surface area contributed by atoms with Gasteiger partial charge in [0.15, 0.2) is 0 Å². The Hall–Kier alpha value is -1.27. The minimum atomic E-state index is -0.0165. The predicted octanol–water partition coefficient (Wildman–Crippen LogP) is 2.33. The van der Waals surface area contributed by atoms with Gasteiger partial charge in [0.1, 0.15) is 0 Å². The van der Waals surface area contributed by atoms with Crippen molar-refractivity contribution in [2.24, 2.45) is 0 Å². The van der Waals surface area contributed by atoms with E-state index in [4.69, 9.17) is 5.73 Å². The van der Waals surface area contributed by atoms with Crippen LogP contribution in [-0.4, -0.2) is 39.9 Å². The Balaban J connectivity index is 1.69. The quantitative estimate of drug-likeness (QED) is 0.761. The molecular formula is C14H17N3OS2. The first-order valence-electron chi connectivity index (χ1n) is 6.58. The predicted molar refractivity (Wildman–Crippen MR) is 88.6 cm³/mol. The van der Waals surface area contributed by atoms with Crippen LogP contribution in [0.4, 0.5) is 5.69 Å². The third-order valence-corrected chi connectivity index (χ3v) is 6.17. The highest BCUT2D eigenvalue weighted by Gasteiger charge is 2.17. The maximum absolute atomic E-state index is 12.3. The molecule has 106 valence electrons. The van der Waals surface area contributed by atoms with Gasteiger partial charge in [0, 0.05) is 51.8 Å². The first-order valence-corrected chi connectivity index (χ1v) is 8.78. The van der Waals surface area contributed by atoms with E-state index in [0.717, 1.165) is 23.2 Å². The second kappa shape index (κ2) is 6.01. The number of carbonyl (C=O) groups is 1. The van der Waals surface area contributed by atoms with Crippen molar-refractivity contribution in [1.29, 1.82) is 0 Å². The molecule has 0 bridgehead atoms. The number of thioether (sulfide) groups is 2. The molecule has 1 atom stereocenters. The standard InChI is InChI=1S/C14H17N3OS2/c15-9-1-2-11-12(7-16-13(11)5-9)14(18)17-6-10-8-19-3-4-20-10/h1-2,5,7,10,16H,3-4,6,8,15H2,(H,17,18). The van der Waals surface area contributed by atoms with Crippen LogP contribution in [0.15, 0.2) is 24.4 Å². The zero-order valence-electron chi connectivity index (χ0n) is 11.0. The Morgan fingerprint density at radius 2 is 2.35 bits per heavy atom. The zero-order valence-corrected chi connectivity index (χ0v) is 12.7. The summed E-state index contributed by atoms with van der Waals surface area (Å²) < 4.78 is 0. The largest absolute Gasteiger partial charge is 0.399 e. The molecule has 4 N–H and O–H groups in total. The number of amides is 1. The summed E-state index contributed by atoms with van der Waals surface area (Å²) in [6.07, 6.45) is 1.75. The van der Waals surface area contributed by atoms with Gasteiger partial charge in [0.2, 0.25) is 0 Å². The van der Waals surface area contributed by atoms with E-state index >= 15 is 0 Å². The maximum Gasteiger partial charge on any atom is 0.253 e. The van der Waals surface area contributed by atoms with Gasteiger partial charge < -0.3 is 16.0 Å². The molecule has 2 aromatic rings. The van der Waals surface area contributed by atoms with Crippen LogP contribution in [-0.2, 0) is 0 Å². The van der Waals surface area contributed by atoms with Gasteiger partial charge in [-0.1, -0.05) is 0 Å². The normalized spacial score (nSPS) is 19.1.